The first-order valence-electron chi connectivity index (χ1n) is 10.9. The maximum atomic E-state index is 14.3. The van der Waals surface area contributed by atoms with E-state index in [4.69, 9.17) is 0 Å². The van der Waals surface area contributed by atoms with Crippen molar-refractivity contribution in [2.24, 2.45) is 5.92 Å². The van der Waals surface area contributed by atoms with E-state index in [1.807, 2.05) is 60.7 Å². The average molecular weight is 427 g/mol. The third-order valence-corrected chi connectivity index (χ3v) is 7.02. The Balaban J connectivity index is 1.60. The van der Waals surface area contributed by atoms with Crippen molar-refractivity contribution in [2.45, 2.75) is 18.0 Å². The molecule has 3 saturated heterocycles. The van der Waals surface area contributed by atoms with Crippen molar-refractivity contribution in [1.29, 1.82) is 0 Å². The van der Waals surface area contributed by atoms with Crippen molar-refractivity contribution < 1.29 is 14.0 Å². The van der Waals surface area contributed by atoms with Gasteiger partial charge in [0.15, 0.2) is 5.54 Å². The van der Waals surface area contributed by atoms with Crippen LogP contribution in [0.25, 0.3) is 0 Å². The summed E-state index contributed by atoms with van der Waals surface area (Å²) >= 11 is 0. The van der Waals surface area contributed by atoms with Crippen LogP contribution in [-0.4, -0.2) is 34.9 Å². The normalized spacial score (nSPS) is 27.7. The van der Waals surface area contributed by atoms with E-state index in [0.717, 1.165) is 24.1 Å². The summed E-state index contributed by atoms with van der Waals surface area (Å²) in [4.78, 5) is 29.6. The Morgan fingerprint density at radius 1 is 0.812 bits per heavy atom. The van der Waals surface area contributed by atoms with Gasteiger partial charge in [0.2, 0.25) is 5.91 Å². The van der Waals surface area contributed by atoms with Crippen molar-refractivity contribution in [3.05, 3.63) is 102 Å². The lowest BCUT2D eigenvalue weighted by Crippen LogP contribution is -2.52. The maximum absolute atomic E-state index is 14.3. The summed E-state index contributed by atoms with van der Waals surface area (Å²) in [6.45, 7) is 1.49. The van der Waals surface area contributed by atoms with Gasteiger partial charge in [-0.25, -0.2) is 19.3 Å². The molecule has 5 nitrogen and oxygen atoms in total. The van der Waals surface area contributed by atoms with Crippen LogP contribution >= 0.6 is 0 Å². The SMILES string of the molecule is O=C1[C@@H]2[C@H](c3ccccc3)N3CCCN3[C@@]2(c2ccccc2)C(=O)N1c1ccc(F)cc1. The summed E-state index contributed by atoms with van der Waals surface area (Å²) in [7, 11) is 0. The van der Waals surface area contributed by atoms with Crippen LogP contribution in [0.4, 0.5) is 10.1 Å². The molecule has 32 heavy (non-hydrogen) atoms. The third-order valence-electron chi connectivity index (χ3n) is 7.02. The number of carbonyl (C=O) groups excluding carboxylic acids is 2. The molecule has 6 rings (SSSR count). The number of hydrogen-bond acceptors (Lipinski definition) is 4. The highest BCUT2D eigenvalue weighted by atomic mass is 19.1. The van der Waals surface area contributed by atoms with E-state index in [0.29, 0.717) is 12.2 Å². The van der Waals surface area contributed by atoms with Crippen LogP contribution < -0.4 is 4.90 Å². The van der Waals surface area contributed by atoms with Crippen LogP contribution in [-0.2, 0) is 15.1 Å². The van der Waals surface area contributed by atoms with Gasteiger partial charge in [0, 0.05) is 13.1 Å². The smallest absolute Gasteiger partial charge is 0.261 e. The molecule has 0 spiro atoms. The number of nitrogens with zero attached hydrogens (tertiary/aromatic N) is 3. The standard InChI is InChI=1S/C26H22FN3O2/c27-20-12-14-21(15-13-20)30-24(31)22-23(18-8-3-1-4-9-18)28-16-7-17-29(28)26(22,25(30)32)19-10-5-2-6-11-19/h1-6,8-15,22-23H,7,16-17H2/t22-,23-,26+/m0/s1. The Kier molecular flexibility index (Phi) is 4.28. The highest BCUT2D eigenvalue weighted by Gasteiger charge is 2.73. The minimum Gasteiger partial charge on any atom is -0.274 e. The number of halogens is 1. The van der Waals surface area contributed by atoms with E-state index in [9.17, 15) is 14.0 Å². The van der Waals surface area contributed by atoms with Gasteiger partial charge in [-0.2, -0.15) is 0 Å². The van der Waals surface area contributed by atoms with Crippen LogP contribution in [0.15, 0.2) is 84.9 Å². The van der Waals surface area contributed by atoms with E-state index in [1.165, 1.54) is 29.2 Å². The molecule has 6 heteroatoms. The fraction of sp³-hybridized carbons (Fsp3) is 0.231. The molecule has 2 amide bonds. The minimum atomic E-state index is -1.12. The Labute approximate surface area is 185 Å². The van der Waals surface area contributed by atoms with Gasteiger partial charge in [0.05, 0.1) is 17.6 Å². The Hall–Kier alpha value is -3.35. The van der Waals surface area contributed by atoms with Crippen LogP contribution in [0.2, 0.25) is 0 Å². The van der Waals surface area contributed by atoms with Crippen molar-refractivity contribution in [1.82, 2.24) is 10.0 Å². The number of fused-ring (bicyclic) bond motifs is 3. The average Bonchev–Trinajstić information content (AvgIpc) is 3.46. The van der Waals surface area contributed by atoms with Crippen molar-refractivity contribution in [3.8, 4) is 0 Å². The molecule has 3 aliphatic rings. The second-order valence-electron chi connectivity index (χ2n) is 8.56. The zero-order chi connectivity index (χ0) is 21.9. The molecule has 160 valence electrons. The first kappa shape index (κ1) is 19.3. The molecular weight excluding hydrogens is 405 g/mol. The maximum Gasteiger partial charge on any atom is 0.261 e. The number of hydrogen-bond donors (Lipinski definition) is 0. The van der Waals surface area contributed by atoms with Gasteiger partial charge in [0.1, 0.15) is 5.82 Å². The molecule has 0 N–H and O–H groups in total. The van der Waals surface area contributed by atoms with Gasteiger partial charge >= 0.3 is 0 Å². The lowest BCUT2D eigenvalue weighted by atomic mass is 9.75. The van der Waals surface area contributed by atoms with Gasteiger partial charge in [0.25, 0.3) is 5.91 Å². The van der Waals surface area contributed by atoms with E-state index < -0.39 is 17.3 Å². The molecule has 0 aromatic heterocycles. The summed E-state index contributed by atoms with van der Waals surface area (Å²) in [5.74, 6) is -1.52. The molecule has 3 aliphatic heterocycles. The summed E-state index contributed by atoms with van der Waals surface area (Å²) < 4.78 is 13.6. The summed E-state index contributed by atoms with van der Waals surface area (Å²) in [6.07, 6.45) is 0.919. The highest BCUT2D eigenvalue weighted by molar-refractivity contribution is 6.26. The molecule has 0 bridgehead atoms. The lowest BCUT2D eigenvalue weighted by Gasteiger charge is -2.36. The monoisotopic (exact) mass is 427 g/mol. The van der Waals surface area contributed by atoms with Crippen molar-refractivity contribution in [3.63, 3.8) is 0 Å². The van der Waals surface area contributed by atoms with E-state index in [-0.39, 0.29) is 17.9 Å². The molecule has 3 atom stereocenters. The number of amides is 2. The number of anilines is 1. The van der Waals surface area contributed by atoms with Gasteiger partial charge in [-0.15, -0.1) is 0 Å². The number of rotatable bonds is 3. The second-order valence-corrected chi connectivity index (χ2v) is 8.56. The predicted molar refractivity (Wildman–Crippen MR) is 118 cm³/mol. The molecule has 3 fully saturated rings. The van der Waals surface area contributed by atoms with Crippen LogP contribution in [0.3, 0.4) is 0 Å². The lowest BCUT2D eigenvalue weighted by molar-refractivity contribution is -0.134. The fourth-order valence-corrected chi connectivity index (χ4v) is 5.82. The van der Waals surface area contributed by atoms with Crippen LogP contribution in [0.5, 0.6) is 0 Å². The van der Waals surface area contributed by atoms with Crippen LogP contribution in [0, 0.1) is 11.7 Å². The predicted octanol–water partition coefficient (Wildman–Crippen LogP) is 3.89. The molecule has 0 unspecified atom stereocenters. The van der Waals surface area contributed by atoms with Gasteiger partial charge in [-0.3, -0.25) is 9.59 Å². The molecule has 3 heterocycles. The molecule has 0 saturated carbocycles. The fourth-order valence-electron chi connectivity index (χ4n) is 5.82. The van der Waals surface area contributed by atoms with Crippen molar-refractivity contribution in [2.75, 3.05) is 18.0 Å². The van der Waals surface area contributed by atoms with E-state index in [2.05, 4.69) is 10.0 Å². The molecule has 3 aromatic rings. The van der Waals surface area contributed by atoms with Gasteiger partial charge < -0.3 is 0 Å². The number of carbonyl (C=O) groups is 2. The number of hydrazine groups is 1. The molecule has 3 aromatic carbocycles. The Morgan fingerprint density at radius 3 is 2.16 bits per heavy atom. The second kappa shape index (κ2) is 7.08. The highest BCUT2D eigenvalue weighted by Crippen LogP contribution is 2.59. The number of benzene rings is 3. The quantitative estimate of drug-likeness (QED) is 0.595. The molecule has 0 aliphatic carbocycles. The third kappa shape index (κ3) is 2.45. The minimum absolute atomic E-state index is 0.242. The zero-order valence-electron chi connectivity index (χ0n) is 17.4. The molecule has 0 radical (unpaired) electrons. The summed E-state index contributed by atoms with van der Waals surface area (Å²) in [6, 6.07) is 24.9. The van der Waals surface area contributed by atoms with Crippen LogP contribution in [0.1, 0.15) is 23.6 Å². The Morgan fingerprint density at radius 2 is 1.47 bits per heavy atom. The molecular formula is C26H22FN3O2. The first-order chi connectivity index (χ1) is 15.6. The van der Waals surface area contributed by atoms with Crippen molar-refractivity contribution >= 4 is 17.5 Å². The largest absolute Gasteiger partial charge is 0.274 e. The number of imide groups is 1. The summed E-state index contributed by atoms with van der Waals surface area (Å²) in [5, 5.41) is 4.33. The van der Waals surface area contributed by atoms with Gasteiger partial charge in [-0.05, 0) is 41.8 Å². The van der Waals surface area contributed by atoms with E-state index in [1.54, 1.807) is 0 Å². The zero-order valence-corrected chi connectivity index (χ0v) is 17.4. The van der Waals surface area contributed by atoms with Gasteiger partial charge in [-0.1, -0.05) is 60.7 Å². The van der Waals surface area contributed by atoms with E-state index >= 15 is 0 Å². The topological polar surface area (TPSA) is 43.9 Å². The first-order valence-corrected chi connectivity index (χ1v) is 10.9. The summed E-state index contributed by atoms with van der Waals surface area (Å²) in [5.41, 5.74) is 1.12. The Bertz CT molecular complexity index is 1180.